The van der Waals surface area contributed by atoms with Gasteiger partial charge >= 0.3 is 17.8 Å². The Morgan fingerprint density at radius 3 is 2.57 bits per heavy atom. The number of hydrogen-bond acceptors (Lipinski definition) is 6. The number of H-pyrrole nitrogens is 1. The number of para-hydroxylation sites is 1. The molecule has 2 aromatic heterocycles. The van der Waals surface area contributed by atoms with Crippen LogP contribution in [0.1, 0.15) is 12.0 Å². The molecule has 1 aliphatic rings. The molecule has 4 N–H and O–H groups in total. The molecule has 10 nitrogen and oxygen atoms in total. The van der Waals surface area contributed by atoms with Crippen LogP contribution in [-0.2, 0) is 16.1 Å². The van der Waals surface area contributed by atoms with E-state index in [1.54, 1.807) is 36.5 Å². The Bertz CT molecular complexity index is 1370. The van der Waals surface area contributed by atoms with Gasteiger partial charge in [0.2, 0.25) is 5.91 Å². The average molecular weight is 558 g/mol. The van der Waals surface area contributed by atoms with Crippen molar-refractivity contribution in [1.82, 2.24) is 19.9 Å². The van der Waals surface area contributed by atoms with Gasteiger partial charge in [-0.25, -0.2) is 14.6 Å². The van der Waals surface area contributed by atoms with Crippen molar-refractivity contribution < 1.29 is 27.9 Å². The lowest BCUT2D eigenvalue weighted by molar-refractivity contribution is -0.192. The van der Waals surface area contributed by atoms with Crippen LogP contribution in [0.15, 0.2) is 50.7 Å². The summed E-state index contributed by atoms with van der Waals surface area (Å²) >= 11 is 3.36. The maximum atomic E-state index is 12.4. The molecular weight excluding hydrogens is 539 g/mol. The summed E-state index contributed by atoms with van der Waals surface area (Å²) in [7, 11) is 0. The Morgan fingerprint density at radius 1 is 1.26 bits per heavy atom. The lowest BCUT2D eigenvalue weighted by Gasteiger charge is -2.13. The fourth-order valence-corrected chi connectivity index (χ4v) is 3.68. The number of alkyl halides is 3. The minimum Gasteiger partial charge on any atom is -0.475 e. The van der Waals surface area contributed by atoms with E-state index in [0.29, 0.717) is 27.7 Å². The minimum atomic E-state index is -5.08. The van der Waals surface area contributed by atoms with E-state index in [1.807, 2.05) is 0 Å². The summed E-state index contributed by atoms with van der Waals surface area (Å²) in [5.41, 5.74) is 0.915. The molecule has 0 saturated carbocycles. The van der Waals surface area contributed by atoms with E-state index in [2.05, 4.69) is 36.5 Å². The number of aromatic amines is 1. The van der Waals surface area contributed by atoms with Gasteiger partial charge in [-0.2, -0.15) is 13.2 Å². The first-order valence-electron chi connectivity index (χ1n) is 10.2. The zero-order valence-electron chi connectivity index (χ0n) is 17.9. The summed E-state index contributed by atoms with van der Waals surface area (Å²) in [6.45, 7) is 1.71. The van der Waals surface area contributed by atoms with Gasteiger partial charge in [-0.05, 0) is 52.7 Å². The molecule has 186 valence electrons. The molecule has 1 amide bonds. The quantitative estimate of drug-likeness (QED) is 0.359. The highest BCUT2D eigenvalue weighted by Crippen LogP contribution is 2.23. The predicted molar refractivity (Wildman–Crippen MR) is 123 cm³/mol. The van der Waals surface area contributed by atoms with E-state index >= 15 is 0 Å². The van der Waals surface area contributed by atoms with Crippen molar-refractivity contribution in [3.63, 3.8) is 0 Å². The summed E-state index contributed by atoms with van der Waals surface area (Å²) in [6.07, 6.45) is -2.65. The Hall–Kier alpha value is -3.52. The third-order valence-electron chi connectivity index (χ3n) is 5.07. The van der Waals surface area contributed by atoms with Crippen LogP contribution in [0.2, 0.25) is 0 Å². The summed E-state index contributed by atoms with van der Waals surface area (Å²) in [5.74, 6) is -2.88. The van der Waals surface area contributed by atoms with E-state index in [-0.39, 0.29) is 18.4 Å². The molecule has 35 heavy (non-hydrogen) atoms. The van der Waals surface area contributed by atoms with Gasteiger partial charge in [-0.1, -0.05) is 12.1 Å². The van der Waals surface area contributed by atoms with Crippen molar-refractivity contribution >= 4 is 44.4 Å². The second kappa shape index (κ2) is 10.8. The van der Waals surface area contributed by atoms with E-state index in [4.69, 9.17) is 9.90 Å². The number of anilines is 1. The van der Waals surface area contributed by atoms with Gasteiger partial charge in [0.15, 0.2) is 0 Å². The first-order valence-corrected chi connectivity index (χ1v) is 10.9. The molecular formula is C21H19BrF3N5O5. The molecule has 0 unspecified atom stereocenters. The summed E-state index contributed by atoms with van der Waals surface area (Å²) in [4.78, 5) is 52.3. The van der Waals surface area contributed by atoms with Crippen molar-refractivity contribution in [3.05, 3.63) is 67.5 Å². The van der Waals surface area contributed by atoms with E-state index in [1.165, 1.54) is 4.57 Å². The monoisotopic (exact) mass is 557 g/mol. The molecule has 0 aliphatic carbocycles. The zero-order chi connectivity index (χ0) is 25.8. The van der Waals surface area contributed by atoms with Gasteiger partial charge in [0.05, 0.1) is 29.1 Å². The number of rotatable bonds is 4. The lowest BCUT2D eigenvalue weighted by Crippen LogP contribution is -2.30. The smallest absolute Gasteiger partial charge is 0.475 e. The highest BCUT2D eigenvalue weighted by Gasteiger charge is 2.38. The third kappa shape index (κ3) is 6.54. The van der Waals surface area contributed by atoms with Crippen molar-refractivity contribution in [2.75, 3.05) is 18.4 Å². The lowest BCUT2D eigenvalue weighted by atomic mass is 10.1. The molecule has 4 rings (SSSR count). The number of halogens is 4. The minimum absolute atomic E-state index is 0.0590. The maximum absolute atomic E-state index is 12.4. The fraction of sp³-hybridized carbons (Fsp3) is 0.286. The van der Waals surface area contributed by atoms with Crippen LogP contribution in [0.3, 0.4) is 0 Å². The molecule has 1 aliphatic heterocycles. The van der Waals surface area contributed by atoms with E-state index in [9.17, 15) is 27.6 Å². The highest BCUT2D eigenvalue weighted by atomic mass is 79.9. The Labute approximate surface area is 203 Å². The molecule has 1 fully saturated rings. The number of carboxylic acid groups (broad SMARTS) is 1. The topological polar surface area (TPSA) is 146 Å². The van der Waals surface area contributed by atoms with E-state index < -0.39 is 23.4 Å². The fourth-order valence-electron chi connectivity index (χ4n) is 3.36. The van der Waals surface area contributed by atoms with Gasteiger partial charge in [0.1, 0.15) is 4.60 Å². The van der Waals surface area contributed by atoms with Crippen LogP contribution in [0.4, 0.5) is 18.9 Å². The number of hydrogen-bond donors (Lipinski definition) is 4. The SMILES string of the molecule is O=C(Nc1cc(Cn2c(=O)[nH]c(=O)c3ccccc32)cnc1Br)[C@H]1CCNC1.O=C(O)C(F)(F)F. The van der Waals surface area contributed by atoms with Crippen LogP contribution >= 0.6 is 15.9 Å². The number of carbonyl (C=O) groups excluding carboxylic acids is 1. The van der Waals surface area contributed by atoms with Gasteiger partial charge in [0, 0.05) is 12.7 Å². The Kier molecular flexibility index (Phi) is 8.07. The van der Waals surface area contributed by atoms with Crippen LogP contribution in [-0.4, -0.2) is 50.8 Å². The molecule has 3 aromatic rings. The number of pyridine rings is 1. The third-order valence-corrected chi connectivity index (χ3v) is 5.70. The van der Waals surface area contributed by atoms with Crippen molar-refractivity contribution in [3.8, 4) is 0 Å². The second-order valence-electron chi connectivity index (χ2n) is 7.53. The second-order valence-corrected chi connectivity index (χ2v) is 8.28. The molecule has 3 heterocycles. The Morgan fingerprint density at radius 2 is 1.94 bits per heavy atom. The van der Waals surface area contributed by atoms with Crippen LogP contribution in [0.5, 0.6) is 0 Å². The number of aliphatic carboxylic acids is 1. The molecule has 1 atom stereocenters. The van der Waals surface area contributed by atoms with Crippen molar-refractivity contribution in [2.24, 2.45) is 5.92 Å². The Balaban J connectivity index is 0.000000429. The molecule has 0 bridgehead atoms. The van der Waals surface area contributed by atoms with Gasteiger partial charge < -0.3 is 15.7 Å². The van der Waals surface area contributed by atoms with E-state index in [0.717, 1.165) is 18.5 Å². The van der Waals surface area contributed by atoms with Gasteiger partial charge in [-0.3, -0.25) is 19.1 Å². The normalized spacial score (nSPS) is 15.4. The first-order chi connectivity index (χ1) is 16.5. The number of carbonyl (C=O) groups is 2. The number of carboxylic acids is 1. The highest BCUT2D eigenvalue weighted by molar-refractivity contribution is 9.10. The molecule has 1 saturated heterocycles. The zero-order valence-corrected chi connectivity index (χ0v) is 19.4. The van der Waals surface area contributed by atoms with Crippen LogP contribution in [0, 0.1) is 5.92 Å². The van der Waals surface area contributed by atoms with Crippen molar-refractivity contribution in [2.45, 2.75) is 19.1 Å². The first kappa shape index (κ1) is 26.1. The number of amides is 1. The summed E-state index contributed by atoms with van der Waals surface area (Å²) in [6, 6.07) is 8.71. The number of aromatic nitrogens is 3. The van der Waals surface area contributed by atoms with Crippen LogP contribution in [0.25, 0.3) is 10.9 Å². The molecule has 1 aromatic carbocycles. The van der Waals surface area contributed by atoms with Gasteiger partial charge in [-0.15, -0.1) is 0 Å². The van der Waals surface area contributed by atoms with Gasteiger partial charge in [0.25, 0.3) is 5.56 Å². The average Bonchev–Trinajstić information content (AvgIpc) is 3.34. The van der Waals surface area contributed by atoms with Crippen molar-refractivity contribution in [1.29, 1.82) is 0 Å². The predicted octanol–water partition coefficient (Wildman–Crippen LogP) is 2.08. The summed E-state index contributed by atoms with van der Waals surface area (Å²) < 4.78 is 33.7. The molecule has 0 spiro atoms. The molecule has 0 radical (unpaired) electrons. The number of nitrogens with zero attached hydrogens (tertiary/aromatic N) is 2. The standard InChI is InChI=1S/C19H18BrN5O3.C2HF3O2/c20-16-14(23-17(26)12-5-6-21-9-12)7-11(8-22-16)10-25-15-4-2-1-3-13(15)18(27)24-19(25)28;3-2(4,5)1(6)7/h1-4,7-8,12,21H,5-6,9-10H2,(H,23,26)(H,24,27,28);(H,6,7)/t12-;/m0./s1. The molecule has 14 heteroatoms. The maximum Gasteiger partial charge on any atom is 0.490 e. The largest absolute Gasteiger partial charge is 0.490 e. The summed E-state index contributed by atoms with van der Waals surface area (Å²) in [5, 5.41) is 13.6. The number of nitrogens with one attached hydrogen (secondary N) is 3. The van der Waals surface area contributed by atoms with Crippen LogP contribution < -0.4 is 21.9 Å². The number of benzene rings is 1. The number of fused-ring (bicyclic) bond motifs is 1.